The van der Waals surface area contributed by atoms with Crippen molar-refractivity contribution in [3.63, 3.8) is 0 Å². The molecule has 30 heavy (non-hydrogen) atoms. The van der Waals surface area contributed by atoms with E-state index < -0.39 is 11.4 Å². The fraction of sp³-hybridized carbons (Fsp3) is 0.560. The standard InChI is InChI=1S/C25H33FO4/c1-3-4-5-6-18-7-9-19(10-8-18)11-13-21-17-20-12-14-22(29-16-15-28-2)24(26)23(20)25(27)30-21/h3-4,12,14,17-19H,5-11,13,15-16H2,1-2H3/b4-3+. The molecule has 0 N–H and O–H groups in total. The SMILES string of the molecule is C/C=C/CCC1CCC(CCc2cc3ccc(OCCOC)c(F)c3c(=O)o2)CC1. The van der Waals surface area contributed by atoms with E-state index in [1.165, 1.54) is 38.5 Å². The van der Waals surface area contributed by atoms with E-state index in [0.717, 1.165) is 12.3 Å². The van der Waals surface area contributed by atoms with Gasteiger partial charge in [0.15, 0.2) is 11.6 Å². The Balaban J connectivity index is 1.58. The van der Waals surface area contributed by atoms with Gasteiger partial charge in [-0.25, -0.2) is 9.18 Å². The molecule has 0 unspecified atom stereocenters. The van der Waals surface area contributed by atoms with Gasteiger partial charge in [0.05, 0.1) is 6.61 Å². The Morgan fingerprint density at radius 3 is 2.57 bits per heavy atom. The van der Waals surface area contributed by atoms with Crippen molar-refractivity contribution >= 4 is 10.8 Å². The number of hydrogen-bond acceptors (Lipinski definition) is 4. The molecule has 1 aliphatic carbocycles. The van der Waals surface area contributed by atoms with Gasteiger partial charge in [0, 0.05) is 13.5 Å². The molecule has 5 heteroatoms. The van der Waals surface area contributed by atoms with E-state index in [-0.39, 0.29) is 17.7 Å². The van der Waals surface area contributed by atoms with Crippen LogP contribution in [0.1, 0.15) is 57.6 Å². The van der Waals surface area contributed by atoms with E-state index in [4.69, 9.17) is 13.9 Å². The van der Waals surface area contributed by atoms with Crippen molar-refractivity contribution in [3.05, 3.63) is 52.3 Å². The molecule has 0 saturated heterocycles. The Kier molecular flexibility index (Phi) is 8.50. The summed E-state index contributed by atoms with van der Waals surface area (Å²) in [7, 11) is 1.55. The molecule has 4 nitrogen and oxygen atoms in total. The van der Waals surface area contributed by atoms with Crippen LogP contribution in [0.15, 0.2) is 39.6 Å². The minimum absolute atomic E-state index is 0.0460. The average molecular weight is 417 g/mol. The van der Waals surface area contributed by atoms with E-state index >= 15 is 0 Å². The number of rotatable bonds is 10. The number of aryl methyl sites for hydroxylation is 1. The average Bonchev–Trinajstić information content (AvgIpc) is 2.75. The topological polar surface area (TPSA) is 48.7 Å². The number of ether oxygens (including phenoxy) is 2. The summed E-state index contributed by atoms with van der Waals surface area (Å²) >= 11 is 0. The summed E-state index contributed by atoms with van der Waals surface area (Å²) in [6.07, 6.45) is 13.7. The van der Waals surface area contributed by atoms with Gasteiger partial charge in [-0.05, 0) is 55.5 Å². The lowest BCUT2D eigenvalue weighted by atomic mass is 9.78. The van der Waals surface area contributed by atoms with Crippen molar-refractivity contribution in [3.8, 4) is 5.75 Å². The van der Waals surface area contributed by atoms with E-state index in [1.54, 1.807) is 25.3 Å². The number of allylic oxidation sites excluding steroid dienone is 2. The summed E-state index contributed by atoms with van der Waals surface area (Å²) in [5.41, 5.74) is -0.634. The first-order chi connectivity index (χ1) is 14.6. The summed E-state index contributed by atoms with van der Waals surface area (Å²) in [6.45, 7) is 2.65. The van der Waals surface area contributed by atoms with Gasteiger partial charge in [0.2, 0.25) is 0 Å². The van der Waals surface area contributed by atoms with Crippen LogP contribution in [0.25, 0.3) is 10.8 Å². The van der Waals surface area contributed by atoms with E-state index in [1.807, 2.05) is 0 Å². The van der Waals surface area contributed by atoms with Gasteiger partial charge in [0.1, 0.15) is 17.8 Å². The molecule has 164 valence electrons. The summed E-state index contributed by atoms with van der Waals surface area (Å²) in [5, 5.41) is 0.515. The normalized spacial score (nSPS) is 19.6. The third-order valence-electron chi connectivity index (χ3n) is 6.17. The molecule has 1 saturated carbocycles. The van der Waals surface area contributed by atoms with Crippen LogP contribution in [0, 0.1) is 17.7 Å². The predicted octanol–water partition coefficient (Wildman–Crippen LogP) is 6.05. The Morgan fingerprint density at radius 2 is 1.87 bits per heavy atom. The van der Waals surface area contributed by atoms with Gasteiger partial charge in [-0.3, -0.25) is 0 Å². The molecule has 0 spiro atoms. The van der Waals surface area contributed by atoms with Gasteiger partial charge >= 0.3 is 5.63 Å². The van der Waals surface area contributed by atoms with Crippen molar-refractivity contribution in [2.24, 2.45) is 11.8 Å². The van der Waals surface area contributed by atoms with Crippen LogP contribution in [-0.2, 0) is 11.2 Å². The second-order valence-electron chi connectivity index (χ2n) is 8.26. The van der Waals surface area contributed by atoms with Crippen molar-refractivity contribution in [1.82, 2.24) is 0 Å². The Bertz CT molecular complexity index is 894. The van der Waals surface area contributed by atoms with Crippen LogP contribution in [0.4, 0.5) is 4.39 Å². The first kappa shape index (κ1) is 22.5. The minimum atomic E-state index is -0.667. The number of hydrogen-bond donors (Lipinski definition) is 0. The maximum atomic E-state index is 14.7. The Morgan fingerprint density at radius 1 is 1.13 bits per heavy atom. The summed E-state index contributed by atoms with van der Waals surface area (Å²) in [4.78, 5) is 12.4. The minimum Gasteiger partial charge on any atom is -0.488 e. The fourth-order valence-electron chi connectivity index (χ4n) is 4.40. The van der Waals surface area contributed by atoms with Gasteiger partial charge < -0.3 is 13.9 Å². The van der Waals surface area contributed by atoms with Crippen LogP contribution < -0.4 is 10.4 Å². The largest absolute Gasteiger partial charge is 0.488 e. The molecular weight excluding hydrogens is 383 g/mol. The smallest absolute Gasteiger partial charge is 0.346 e. The second-order valence-corrected chi connectivity index (χ2v) is 8.26. The molecule has 1 aromatic carbocycles. The molecule has 1 fully saturated rings. The Labute approximate surface area is 178 Å². The zero-order valence-corrected chi connectivity index (χ0v) is 18.1. The fourth-order valence-corrected chi connectivity index (χ4v) is 4.40. The van der Waals surface area contributed by atoms with E-state index in [9.17, 15) is 9.18 Å². The number of benzene rings is 1. The van der Waals surface area contributed by atoms with Crippen LogP contribution in [-0.4, -0.2) is 20.3 Å². The number of methoxy groups -OCH3 is 1. The summed E-state index contributed by atoms with van der Waals surface area (Å²) in [6, 6.07) is 5.07. The molecule has 2 aromatic rings. The lowest BCUT2D eigenvalue weighted by Gasteiger charge is -2.28. The van der Waals surface area contributed by atoms with Gasteiger partial charge in [-0.1, -0.05) is 43.9 Å². The number of fused-ring (bicyclic) bond motifs is 1. The maximum Gasteiger partial charge on any atom is 0.346 e. The predicted molar refractivity (Wildman–Crippen MR) is 118 cm³/mol. The molecule has 1 aromatic heterocycles. The third-order valence-corrected chi connectivity index (χ3v) is 6.17. The third kappa shape index (κ3) is 5.94. The zero-order valence-electron chi connectivity index (χ0n) is 18.1. The first-order valence-electron chi connectivity index (χ1n) is 11.1. The van der Waals surface area contributed by atoms with Crippen molar-refractivity contribution in [2.75, 3.05) is 20.3 Å². The number of halogens is 1. The van der Waals surface area contributed by atoms with Crippen LogP contribution in [0.2, 0.25) is 0 Å². The Hall–Kier alpha value is -2.14. The molecule has 0 bridgehead atoms. The summed E-state index contributed by atoms with van der Waals surface area (Å²) in [5.74, 6) is 1.54. The molecule has 1 heterocycles. The summed E-state index contributed by atoms with van der Waals surface area (Å²) < 4.78 is 30.4. The van der Waals surface area contributed by atoms with Crippen molar-refractivity contribution in [1.29, 1.82) is 0 Å². The molecular formula is C25H33FO4. The first-order valence-corrected chi connectivity index (χ1v) is 11.1. The molecule has 0 atom stereocenters. The molecule has 0 amide bonds. The van der Waals surface area contributed by atoms with Crippen LogP contribution >= 0.6 is 0 Å². The van der Waals surface area contributed by atoms with Crippen molar-refractivity contribution < 1.29 is 18.3 Å². The molecule has 1 aliphatic rings. The highest BCUT2D eigenvalue weighted by Crippen LogP contribution is 2.34. The van der Waals surface area contributed by atoms with Gasteiger partial charge in [-0.15, -0.1) is 0 Å². The van der Waals surface area contributed by atoms with Gasteiger partial charge in [-0.2, -0.15) is 0 Å². The lowest BCUT2D eigenvalue weighted by molar-refractivity contribution is 0.144. The second kappa shape index (κ2) is 11.3. The van der Waals surface area contributed by atoms with Crippen LogP contribution in [0.5, 0.6) is 5.75 Å². The molecule has 3 rings (SSSR count). The monoisotopic (exact) mass is 416 g/mol. The highest BCUT2D eigenvalue weighted by Gasteiger charge is 2.21. The van der Waals surface area contributed by atoms with E-state index in [0.29, 0.717) is 30.1 Å². The zero-order chi connectivity index (χ0) is 21.3. The molecule has 0 radical (unpaired) electrons. The molecule has 0 aliphatic heterocycles. The highest BCUT2D eigenvalue weighted by molar-refractivity contribution is 5.83. The highest BCUT2D eigenvalue weighted by atomic mass is 19.1. The lowest BCUT2D eigenvalue weighted by Crippen LogP contribution is -2.15. The van der Waals surface area contributed by atoms with E-state index in [2.05, 4.69) is 19.1 Å². The quantitative estimate of drug-likeness (QED) is 0.349. The van der Waals surface area contributed by atoms with Crippen molar-refractivity contribution in [2.45, 2.75) is 58.3 Å². The van der Waals surface area contributed by atoms with Gasteiger partial charge in [0.25, 0.3) is 0 Å². The van der Waals surface area contributed by atoms with Crippen LogP contribution in [0.3, 0.4) is 0 Å². The maximum absolute atomic E-state index is 14.7.